The molecule has 0 aromatic carbocycles. The molecule has 2 aliphatic rings. The maximum atomic E-state index is 2.35. The average Bonchev–Trinajstić information content (AvgIpc) is 2.49. The third-order valence-corrected chi connectivity index (χ3v) is 6.12. The number of rotatable bonds is 6. The van der Waals surface area contributed by atoms with E-state index in [1.807, 2.05) is 0 Å². The van der Waals surface area contributed by atoms with E-state index in [0.29, 0.717) is 0 Å². The molecule has 0 atom stereocenters. The first-order valence-corrected chi connectivity index (χ1v) is 9.44. The Morgan fingerprint density at radius 2 is 1.25 bits per heavy atom. The van der Waals surface area contributed by atoms with E-state index >= 15 is 0 Å². The molecule has 0 radical (unpaired) electrons. The third kappa shape index (κ3) is 4.93. The fourth-order valence-corrected chi connectivity index (χ4v) is 4.80. The molecule has 0 aromatic heterocycles. The van der Waals surface area contributed by atoms with Gasteiger partial charge in [0, 0.05) is 0 Å². The maximum absolute atomic E-state index is 2.35. The molecule has 0 spiro atoms. The molecule has 0 saturated heterocycles. The van der Waals surface area contributed by atoms with Gasteiger partial charge >= 0.3 is 0 Å². The van der Waals surface area contributed by atoms with Crippen LogP contribution in [-0.2, 0) is 0 Å². The van der Waals surface area contributed by atoms with Gasteiger partial charge in [-0.2, -0.15) is 0 Å². The van der Waals surface area contributed by atoms with Crippen LogP contribution in [0.15, 0.2) is 12.2 Å². The van der Waals surface area contributed by atoms with Gasteiger partial charge < -0.3 is 0 Å². The minimum absolute atomic E-state index is 1.04. The van der Waals surface area contributed by atoms with Crippen molar-refractivity contribution in [2.24, 2.45) is 23.7 Å². The van der Waals surface area contributed by atoms with Crippen LogP contribution in [0, 0.1) is 23.7 Å². The number of allylic oxidation sites excluding steroid dienone is 2. The summed E-state index contributed by atoms with van der Waals surface area (Å²) in [4.78, 5) is 0. The molecule has 2 rings (SSSR count). The lowest BCUT2D eigenvalue weighted by atomic mass is 9.68. The predicted molar refractivity (Wildman–Crippen MR) is 89.9 cm³/mol. The molecule has 0 aliphatic heterocycles. The highest BCUT2D eigenvalue weighted by Gasteiger charge is 2.30. The van der Waals surface area contributed by atoms with E-state index in [1.165, 1.54) is 38.5 Å². The topological polar surface area (TPSA) is 0 Å². The van der Waals surface area contributed by atoms with E-state index in [9.17, 15) is 0 Å². The van der Waals surface area contributed by atoms with Gasteiger partial charge in [-0.1, -0.05) is 57.6 Å². The second-order valence-corrected chi connectivity index (χ2v) is 7.50. The van der Waals surface area contributed by atoms with Crippen LogP contribution >= 0.6 is 0 Å². The Morgan fingerprint density at radius 3 is 1.70 bits per heavy atom. The summed E-state index contributed by atoms with van der Waals surface area (Å²) in [7, 11) is 0. The van der Waals surface area contributed by atoms with Crippen LogP contribution in [0.4, 0.5) is 0 Å². The quantitative estimate of drug-likeness (QED) is 0.470. The van der Waals surface area contributed by atoms with Crippen molar-refractivity contribution in [1.82, 2.24) is 0 Å². The SMILES string of the molecule is C/C=C/CC[C@H]1CC[C@H](C2CCC(CCC)CC2)CC1. The van der Waals surface area contributed by atoms with Gasteiger partial charge in [-0.05, 0) is 69.1 Å². The summed E-state index contributed by atoms with van der Waals surface area (Å²) in [5.41, 5.74) is 0. The van der Waals surface area contributed by atoms with Crippen LogP contribution in [0.25, 0.3) is 0 Å². The molecule has 0 aromatic rings. The predicted octanol–water partition coefficient (Wildman–Crippen LogP) is 6.76. The Labute approximate surface area is 127 Å². The first-order chi connectivity index (χ1) is 9.83. The Bertz CT molecular complexity index is 262. The third-order valence-electron chi connectivity index (χ3n) is 6.12. The van der Waals surface area contributed by atoms with E-state index in [4.69, 9.17) is 0 Å². The fraction of sp³-hybridized carbons (Fsp3) is 0.900. The Kier molecular flexibility index (Phi) is 7.17. The van der Waals surface area contributed by atoms with E-state index in [-0.39, 0.29) is 0 Å². The lowest BCUT2D eigenvalue weighted by Gasteiger charge is -2.38. The highest BCUT2D eigenvalue weighted by molar-refractivity contribution is 4.84. The molecule has 2 fully saturated rings. The summed E-state index contributed by atoms with van der Waals surface area (Å²) < 4.78 is 0. The van der Waals surface area contributed by atoms with Crippen molar-refractivity contribution in [3.8, 4) is 0 Å². The van der Waals surface area contributed by atoms with E-state index in [2.05, 4.69) is 26.0 Å². The molecule has 0 nitrogen and oxygen atoms in total. The highest BCUT2D eigenvalue weighted by atomic mass is 14.4. The van der Waals surface area contributed by atoms with Crippen molar-refractivity contribution < 1.29 is 0 Å². The molecule has 0 amide bonds. The zero-order valence-corrected chi connectivity index (χ0v) is 13.9. The van der Waals surface area contributed by atoms with Gasteiger partial charge in [0.2, 0.25) is 0 Å². The molecule has 0 bridgehead atoms. The van der Waals surface area contributed by atoms with Crippen LogP contribution in [0.3, 0.4) is 0 Å². The first kappa shape index (κ1) is 16.1. The van der Waals surface area contributed by atoms with Crippen LogP contribution in [0.1, 0.15) is 90.9 Å². The molecule has 2 aliphatic carbocycles. The van der Waals surface area contributed by atoms with Gasteiger partial charge in [-0.3, -0.25) is 0 Å². The lowest BCUT2D eigenvalue weighted by molar-refractivity contribution is 0.141. The van der Waals surface area contributed by atoms with Crippen molar-refractivity contribution in [2.45, 2.75) is 90.9 Å². The highest BCUT2D eigenvalue weighted by Crippen LogP contribution is 2.42. The van der Waals surface area contributed by atoms with Crippen LogP contribution in [0.5, 0.6) is 0 Å². The Balaban J connectivity index is 1.64. The normalized spacial score (nSPS) is 35.5. The van der Waals surface area contributed by atoms with Crippen LogP contribution in [-0.4, -0.2) is 0 Å². The van der Waals surface area contributed by atoms with E-state index in [0.717, 1.165) is 23.7 Å². The van der Waals surface area contributed by atoms with Crippen molar-refractivity contribution in [1.29, 1.82) is 0 Å². The minimum Gasteiger partial charge on any atom is -0.0917 e. The summed E-state index contributed by atoms with van der Waals surface area (Å²) in [5.74, 6) is 4.31. The Hall–Kier alpha value is -0.260. The molecule has 0 heterocycles. The zero-order valence-electron chi connectivity index (χ0n) is 13.9. The van der Waals surface area contributed by atoms with Crippen molar-refractivity contribution in [3.05, 3.63) is 12.2 Å². The van der Waals surface area contributed by atoms with Gasteiger partial charge in [0.05, 0.1) is 0 Å². The molecular formula is C20H36. The molecule has 20 heavy (non-hydrogen) atoms. The van der Waals surface area contributed by atoms with Crippen molar-refractivity contribution in [3.63, 3.8) is 0 Å². The van der Waals surface area contributed by atoms with Crippen molar-refractivity contribution >= 4 is 0 Å². The van der Waals surface area contributed by atoms with Gasteiger partial charge in [-0.15, -0.1) is 0 Å². The molecular weight excluding hydrogens is 240 g/mol. The zero-order chi connectivity index (χ0) is 14.2. The smallest absolute Gasteiger partial charge is 0.0348 e. The van der Waals surface area contributed by atoms with E-state index < -0.39 is 0 Å². The van der Waals surface area contributed by atoms with Gasteiger partial charge in [0.25, 0.3) is 0 Å². The number of hydrogen-bond acceptors (Lipinski definition) is 0. The van der Waals surface area contributed by atoms with Gasteiger partial charge in [0.15, 0.2) is 0 Å². The van der Waals surface area contributed by atoms with E-state index in [1.54, 1.807) is 38.5 Å². The van der Waals surface area contributed by atoms with Gasteiger partial charge in [0.1, 0.15) is 0 Å². The monoisotopic (exact) mass is 276 g/mol. The molecule has 2 saturated carbocycles. The molecule has 0 heteroatoms. The van der Waals surface area contributed by atoms with Crippen LogP contribution in [0.2, 0.25) is 0 Å². The summed E-state index contributed by atoms with van der Waals surface area (Å²) in [6.45, 7) is 4.49. The first-order valence-electron chi connectivity index (χ1n) is 9.44. The second kappa shape index (κ2) is 8.90. The molecule has 0 N–H and O–H groups in total. The maximum Gasteiger partial charge on any atom is -0.0348 e. The molecule has 116 valence electrons. The Morgan fingerprint density at radius 1 is 0.750 bits per heavy atom. The molecule has 0 unspecified atom stereocenters. The minimum atomic E-state index is 1.04. The second-order valence-electron chi connectivity index (χ2n) is 7.50. The fourth-order valence-electron chi connectivity index (χ4n) is 4.80. The van der Waals surface area contributed by atoms with Crippen LogP contribution < -0.4 is 0 Å². The average molecular weight is 277 g/mol. The standard InChI is InChI=1S/C20H36/c1-3-5-6-8-18-11-15-20(16-12-18)19-13-9-17(7-4-2)10-14-19/h3,5,17-20H,4,6-16H2,1-2H3/b5-3+/t17?,18-,19?,20-. The summed E-state index contributed by atoms with van der Waals surface area (Å²) >= 11 is 0. The lowest BCUT2D eigenvalue weighted by Crippen LogP contribution is -2.25. The van der Waals surface area contributed by atoms with Crippen molar-refractivity contribution in [2.75, 3.05) is 0 Å². The number of hydrogen-bond donors (Lipinski definition) is 0. The van der Waals surface area contributed by atoms with Gasteiger partial charge in [-0.25, -0.2) is 0 Å². The largest absolute Gasteiger partial charge is 0.0917 e. The summed E-state index contributed by atoms with van der Waals surface area (Å²) in [5, 5.41) is 0. The summed E-state index contributed by atoms with van der Waals surface area (Å²) in [6.07, 6.45) is 22.5. The summed E-state index contributed by atoms with van der Waals surface area (Å²) in [6, 6.07) is 0.